The highest BCUT2D eigenvalue weighted by molar-refractivity contribution is 9.10. The summed E-state index contributed by atoms with van der Waals surface area (Å²) >= 11 is 3.30. The monoisotopic (exact) mass is 439 g/mol. The SMILES string of the molecule is C=C1CN(C(=O)OCc2ccccc2)[C@@H](c2ccccc2Br)[C@H]1C(F)(F)F. The molecule has 0 saturated carbocycles. The maximum absolute atomic E-state index is 13.7. The van der Waals surface area contributed by atoms with E-state index in [2.05, 4.69) is 22.5 Å². The molecule has 1 saturated heterocycles. The molecule has 0 spiro atoms. The van der Waals surface area contributed by atoms with Gasteiger partial charge in [-0.05, 0) is 22.8 Å². The number of halogens is 4. The van der Waals surface area contributed by atoms with Crippen LogP contribution in [0.1, 0.15) is 17.2 Å². The van der Waals surface area contributed by atoms with Crippen molar-refractivity contribution in [2.75, 3.05) is 6.54 Å². The molecule has 2 aromatic carbocycles. The molecule has 2 aromatic rings. The third kappa shape index (κ3) is 4.18. The summed E-state index contributed by atoms with van der Waals surface area (Å²) < 4.78 is 46.9. The third-order valence-electron chi connectivity index (χ3n) is 4.48. The Hall–Kier alpha value is -2.28. The first-order chi connectivity index (χ1) is 12.8. The Balaban J connectivity index is 1.89. The number of carbonyl (C=O) groups excluding carboxylic acids is 1. The van der Waals surface area contributed by atoms with E-state index in [1.807, 2.05) is 6.07 Å². The Morgan fingerprint density at radius 3 is 2.41 bits per heavy atom. The first-order valence-corrected chi connectivity index (χ1v) is 9.04. The molecule has 0 unspecified atom stereocenters. The molecule has 1 heterocycles. The summed E-state index contributed by atoms with van der Waals surface area (Å²) in [5.41, 5.74) is 1.07. The summed E-state index contributed by atoms with van der Waals surface area (Å²) in [6, 6.07) is 14.3. The highest BCUT2D eigenvalue weighted by atomic mass is 79.9. The molecule has 1 aliphatic rings. The molecule has 0 N–H and O–H groups in total. The van der Waals surface area contributed by atoms with Gasteiger partial charge >= 0.3 is 12.3 Å². The van der Waals surface area contributed by atoms with E-state index in [-0.39, 0.29) is 18.7 Å². The van der Waals surface area contributed by atoms with Gasteiger partial charge in [-0.3, -0.25) is 4.90 Å². The van der Waals surface area contributed by atoms with Gasteiger partial charge < -0.3 is 4.74 Å². The van der Waals surface area contributed by atoms with Gasteiger partial charge in [-0.15, -0.1) is 0 Å². The highest BCUT2D eigenvalue weighted by Gasteiger charge is 2.55. The number of benzene rings is 2. The van der Waals surface area contributed by atoms with Crippen LogP contribution in [0.5, 0.6) is 0 Å². The van der Waals surface area contributed by atoms with Crippen molar-refractivity contribution in [3.05, 3.63) is 82.3 Å². The zero-order valence-corrected chi connectivity index (χ0v) is 15.8. The molecule has 7 heteroatoms. The summed E-state index contributed by atoms with van der Waals surface area (Å²) in [5, 5.41) is 0. The summed E-state index contributed by atoms with van der Waals surface area (Å²) in [6.45, 7) is 3.36. The summed E-state index contributed by atoms with van der Waals surface area (Å²) in [4.78, 5) is 13.7. The van der Waals surface area contributed by atoms with E-state index in [9.17, 15) is 18.0 Å². The van der Waals surface area contributed by atoms with E-state index >= 15 is 0 Å². The average Bonchev–Trinajstić information content (AvgIpc) is 2.98. The highest BCUT2D eigenvalue weighted by Crippen LogP contribution is 2.50. The minimum absolute atomic E-state index is 0.0119. The summed E-state index contributed by atoms with van der Waals surface area (Å²) in [6.07, 6.45) is -5.32. The van der Waals surface area contributed by atoms with Gasteiger partial charge in [0.25, 0.3) is 0 Å². The zero-order valence-electron chi connectivity index (χ0n) is 14.2. The quantitative estimate of drug-likeness (QED) is 0.559. The van der Waals surface area contributed by atoms with Gasteiger partial charge in [-0.25, -0.2) is 4.79 Å². The Bertz CT molecular complexity index is 839. The number of nitrogens with zero attached hydrogens (tertiary/aromatic N) is 1. The molecule has 142 valence electrons. The molecule has 0 bridgehead atoms. The van der Waals surface area contributed by atoms with Crippen molar-refractivity contribution in [3.8, 4) is 0 Å². The van der Waals surface area contributed by atoms with Crippen molar-refractivity contribution >= 4 is 22.0 Å². The number of amides is 1. The van der Waals surface area contributed by atoms with Gasteiger partial charge in [0.1, 0.15) is 12.5 Å². The number of rotatable bonds is 3. The van der Waals surface area contributed by atoms with Crippen LogP contribution in [0, 0.1) is 5.92 Å². The Labute approximate surface area is 163 Å². The molecule has 3 rings (SSSR count). The van der Waals surface area contributed by atoms with E-state index in [1.165, 1.54) is 0 Å². The molecule has 1 aliphatic heterocycles. The van der Waals surface area contributed by atoms with Crippen molar-refractivity contribution < 1.29 is 22.7 Å². The van der Waals surface area contributed by atoms with Crippen LogP contribution in [-0.2, 0) is 11.3 Å². The van der Waals surface area contributed by atoms with Gasteiger partial charge in [0.2, 0.25) is 0 Å². The largest absolute Gasteiger partial charge is 0.445 e. The lowest BCUT2D eigenvalue weighted by atomic mass is 9.91. The maximum Gasteiger partial charge on any atom is 0.410 e. The van der Waals surface area contributed by atoms with E-state index in [1.54, 1.807) is 48.5 Å². The fourth-order valence-electron chi connectivity index (χ4n) is 3.27. The number of ether oxygens (including phenoxy) is 1. The van der Waals surface area contributed by atoms with Crippen LogP contribution in [-0.4, -0.2) is 23.7 Å². The van der Waals surface area contributed by atoms with Gasteiger partial charge in [0, 0.05) is 11.0 Å². The smallest absolute Gasteiger partial charge is 0.410 e. The Morgan fingerprint density at radius 2 is 1.78 bits per heavy atom. The number of alkyl halides is 3. The van der Waals surface area contributed by atoms with Crippen molar-refractivity contribution in [1.82, 2.24) is 4.90 Å². The van der Waals surface area contributed by atoms with Crippen LogP contribution in [0.2, 0.25) is 0 Å². The predicted octanol–water partition coefficient (Wildman–Crippen LogP) is 5.88. The number of likely N-dealkylation sites (tertiary alicyclic amines) is 1. The molecule has 0 radical (unpaired) electrons. The minimum atomic E-state index is -4.52. The minimum Gasteiger partial charge on any atom is -0.445 e. The van der Waals surface area contributed by atoms with Crippen molar-refractivity contribution in [2.45, 2.75) is 18.8 Å². The molecular formula is C20H17BrF3NO2. The van der Waals surface area contributed by atoms with Crippen LogP contribution < -0.4 is 0 Å². The molecule has 1 amide bonds. The van der Waals surface area contributed by atoms with Crippen molar-refractivity contribution in [2.24, 2.45) is 5.92 Å². The second kappa shape index (κ2) is 7.76. The first-order valence-electron chi connectivity index (χ1n) is 8.25. The van der Waals surface area contributed by atoms with Crippen LogP contribution >= 0.6 is 15.9 Å². The number of hydrogen-bond acceptors (Lipinski definition) is 2. The van der Waals surface area contributed by atoms with Crippen LogP contribution in [0.25, 0.3) is 0 Å². The van der Waals surface area contributed by atoms with Crippen LogP contribution in [0.3, 0.4) is 0 Å². The molecule has 2 atom stereocenters. The van der Waals surface area contributed by atoms with E-state index in [0.29, 0.717) is 10.0 Å². The molecule has 1 fully saturated rings. The average molecular weight is 440 g/mol. The molecule has 3 nitrogen and oxygen atoms in total. The lowest BCUT2D eigenvalue weighted by molar-refractivity contribution is -0.171. The molecule has 27 heavy (non-hydrogen) atoms. The van der Waals surface area contributed by atoms with Gasteiger partial charge in [-0.2, -0.15) is 13.2 Å². The second-order valence-electron chi connectivity index (χ2n) is 6.31. The topological polar surface area (TPSA) is 29.5 Å². The van der Waals surface area contributed by atoms with Gasteiger partial charge in [-0.1, -0.05) is 71.0 Å². The maximum atomic E-state index is 13.7. The number of hydrogen-bond donors (Lipinski definition) is 0. The fraction of sp³-hybridized carbons (Fsp3) is 0.250. The standard InChI is InChI=1S/C20H17BrF3NO2/c1-13-11-25(19(26)27-12-14-7-3-2-4-8-14)18(17(13)20(22,23)24)15-9-5-6-10-16(15)21/h2-10,17-18H,1,11-12H2/t17-,18-/m0/s1. The van der Waals surface area contributed by atoms with E-state index in [0.717, 1.165) is 10.5 Å². The normalized spacial score (nSPS) is 20.0. The first kappa shape index (κ1) is 19.5. The van der Waals surface area contributed by atoms with E-state index < -0.39 is 24.2 Å². The Morgan fingerprint density at radius 1 is 1.15 bits per heavy atom. The molecular weight excluding hydrogens is 423 g/mol. The zero-order chi connectivity index (χ0) is 19.6. The van der Waals surface area contributed by atoms with Gasteiger partial charge in [0.15, 0.2) is 0 Å². The van der Waals surface area contributed by atoms with Crippen LogP contribution in [0.4, 0.5) is 18.0 Å². The van der Waals surface area contributed by atoms with E-state index in [4.69, 9.17) is 4.74 Å². The third-order valence-corrected chi connectivity index (χ3v) is 5.20. The molecule has 0 aromatic heterocycles. The predicted molar refractivity (Wildman–Crippen MR) is 98.9 cm³/mol. The lowest BCUT2D eigenvalue weighted by Crippen LogP contribution is -2.36. The van der Waals surface area contributed by atoms with Crippen molar-refractivity contribution in [3.63, 3.8) is 0 Å². The van der Waals surface area contributed by atoms with Gasteiger partial charge in [0.05, 0.1) is 6.04 Å². The number of carbonyl (C=O) groups is 1. The van der Waals surface area contributed by atoms with Crippen molar-refractivity contribution in [1.29, 1.82) is 0 Å². The molecule has 0 aliphatic carbocycles. The fourth-order valence-corrected chi connectivity index (χ4v) is 3.79. The second-order valence-corrected chi connectivity index (χ2v) is 7.17. The summed E-state index contributed by atoms with van der Waals surface area (Å²) in [5.74, 6) is -1.85. The summed E-state index contributed by atoms with van der Waals surface area (Å²) in [7, 11) is 0. The lowest BCUT2D eigenvalue weighted by Gasteiger charge is -2.29. The van der Waals surface area contributed by atoms with Crippen LogP contribution in [0.15, 0.2) is 71.2 Å². The Kier molecular flexibility index (Phi) is 5.60.